The van der Waals surface area contributed by atoms with Gasteiger partial charge in [-0.1, -0.05) is 30.3 Å². The quantitative estimate of drug-likeness (QED) is 0.619. The van der Waals surface area contributed by atoms with Crippen LogP contribution in [-0.4, -0.2) is 38.3 Å². The highest BCUT2D eigenvalue weighted by Crippen LogP contribution is 2.23. The zero-order valence-electron chi connectivity index (χ0n) is 10.6. The molecule has 0 fully saturated rings. The van der Waals surface area contributed by atoms with E-state index in [1.165, 1.54) is 0 Å². The Kier molecular flexibility index (Phi) is 5.56. The summed E-state index contributed by atoms with van der Waals surface area (Å²) in [5.74, 6) is 0.725. The van der Waals surface area contributed by atoms with Crippen LogP contribution in [-0.2, 0) is 12.3 Å². The Balaban J connectivity index is 1.93. The van der Waals surface area contributed by atoms with Gasteiger partial charge in [0.15, 0.2) is 0 Å². The van der Waals surface area contributed by atoms with Crippen molar-refractivity contribution >= 4 is 23.4 Å². The molecule has 0 saturated heterocycles. The van der Waals surface area contributed by atoms with E-state index in [9.17, 15) is 0 Å². The molecule has 102 valence electrons. The van der Waals surface area contributed by atoms with Crippen molar-refractivity contribution in [2.75, 3.05) is 13.1 Å². The molecule has 0 aliphatic rings. The number of likely N-dealkylation sites (N-methyl/N-ethyl adjacent to an activating group) is 1. The normalized spacial score (nSPS) is 10.8. The van der Waals surface area contributed by atoms with Gasteiger partial charge in [0.1, 0.15) is 0 Å². The molecule has 0 saturated carbocycles. The van der Waals surface area contributed by atoms with E-state index in [4.69, 9.17) is 11.6 Å². The lowest BCUT2D eigenvalue weighted by Crippen LogP contribution is -2.20. The Labute approximate surface area is 120 Å². The molecule has 1 N–H and O–H groups in total. The first-order chi connectivity index (χ1) is 9.31. The average Bonchev–Trinajstić information content (AvgIpc) is 2.86. The van der Waals surface area contributed by atoms with Gasteiger partial charge in [0.2, 0.25) is 5.16 Å². The number of tetrazole rings is 1. The first-order valence-corrected chi connectivity index (χ1v) is 7.35. The molecule has 0 atom stereocenters. The highest BCUT2D eigenvalue weighted by molar-refractivity contribution is 7.98. The maximum Gasteiger partial charge on any atom is 0.209 e. The summed E-state index contributed by atoms with van der Waals surface area (Å²) in [5.41, 5.74) is 1.03. The lowest BCUT2D eigenvalue weighted by Gasteiger charge is -2.05. The smallest absolute Gasteiger partial charge is 0.209 e. The third-order valence-electron chi connectivity index (χ3n) is 2.46. The standard InChI is InChI=1S/C11H15ClN6S/c1-2-13-5-6-18-11(15-16-17-18)19-8-9-3-4-14-7-10(9)12/h3-4,7,13H,2,5-6,8H2,1H3. The van der Waals surface area contributed by atoms with Crippen molar-refractivity contribution in [2.45, 2.75) is 24.4 Å². The number of nitrogens with zero attached hydrogens (tertiary/aromatic N) is 5. The molecule has 2 rings (SSSR count). The maximum atomic E-state index is 6.06. The summed E-state index contributed by atoms with van der Waals surface area (Å²) in [5, 5.41) is 16.4. The van der Waals surface area contributed by atoms with Crippen molar-refractivity contribution < 1.29 is 0 Å². The number of thioether (sulfide) groups is 1. The molecule has 0 amide bonds. The van der Waals surface area contributed by atoms with Gasteiger partial charge in [-0.3, -0.25) is 4.98 Å². The minimum absolute atomic E-state index is 0.668. The number of hydrogen-bond donors (Lipinski definition) is 1. The molecule has 0 bridgehead atoms. The number of halogens is 1. The van der Waals surface area contributed by atoms with E-state index < -0.39 is 0 Å². The van der Waals surface area contributed by atoms with Crippen molar-refractivity contribution in [2.24, 2.45) is 0 Å². The fraction of sp³-hybridized carbons (Fsp3) is 0.455. The lowest BCUT2D eigenvalue weighted by atomic mass is 10.3. The van der Waals surface area contributed by atoms with Gasteiger partial charge in [0, 0.05) is 24.7 Å². The highest BCUT2D eigenvalue weighted by Gasteiger charge is 2.08. The summed E-state index contributed by atoms with van der Waals surface area (Å²) in [7, 11) is 0. The Hall–Kier alpha value is -1.18. The van der Waals surface area contributed by atoms with Gasteiger partial charge in [-0.05, 0) is 28.6 Å². The number of hydrogen-bond acceptors (Lipinski definition) is 6. The molecule has 2 aromatic heterocycles. The first kappa shape index (κ1) is 14.2. The van der Waals surface area contributed by atoms with Crippen molar-refractivity contribution in [1.29, 1.82) is 0 Å². The van der Waals surface area contributed by atoms with E-state index in [2.05, 4.69) is 32.7 Å². The van der Waals surface area contributed by atoms with Gasteiger partial charge < -0.3 is 5.32 Å². The van der Waals surface area contributed by atoms with Gasteiger partial charge in [0.05, 0.1) is 11.6 Å². The van der Waals surface area contributed by atoms with E-state index in [1.54, 1.807) is 28.8 Å². The van der Waals surface area contributed by atoms with Crippen LogP contribution in [0.2, 0.25) is 5.02 Å². The van der Waals surface area contributed by atoms with Gasteiger partial charge in [-0.25, -0.2) is 4.68 Å². The summed E-state index contributed by atoms with van der Waals surface area (Å²) in [4.78, 5) is 3.96. The summed E-state index contributed by atoms with van der Waals surface area (Å²) in [6, 6.07) is 1.90. The van der Waals surface area contributed by atoms with Crippen LogP contribution >= 0.6 is 23.4 Å². The van der Waals surface area contributed by atoms with E-state index >= 15 is 0 Å². The fourth-order valence-electron chi connectivity index (χ4n) is 1.47. The molecule has 6 nitrogen and oxygen atoms in total. The second kappa shape index (κ2) is 7.42. The van der Waals surface area contributed by atoms with Gasteiger partial charge in [0.25, 0.3) is 0 Å². The molecule has 0 aliphatic heterocycles. The van der Waals surface area contributed by atoms with E-state index in [-0.39, 0.29) is 0 Å². The highest BCUT2D eigenvalue weighted by atomic mass is 35.5. The summed E-state index contributed by atoms with van der Waals surface area (Å²) in [6.45, 7) is 4.62. The molecule has 0 aromatic carbocycles. The lowest BCUT2D eigenvalue weighted by molar-refractivity contribution is 0.517. The van der Waals surface area contributed by atoms with Crippen molar-refractivity contribution in [1.82, 2.24) is 30.5 Å². The average molecular weight is 299 g/mol. The Morgan fingerprint density at radius 2 is 2.37 bits per heavy atom. The maximum absolute atomic E-state index is 6.06. The fourth-order valence-corrected chi connectivity index (χ4v) is 2.64. The number of pyridine rings is 1. The van der Waals surface area contributed by atoms with Crippen molar-refractivity contribution in [3.63, 3.8) is 0 Å². The van der Waals surface area contributed by atoms with Gasteiger partial charge in [-0.2, -0.15) is 0 Å². The predicted molar refractivity (Wildman–Crippen MR) is 75.2 cm³/mol. The molecule has 0 unspecified atom stereocenters. The van der Waals surface area contributed by atoms with Crippen LogP contribution in [0, 0.1) is 0 Å². The monoisotopic (exact) mass is 298 g/mol. The molecular formula is C11H15ClN6S. The molecule has 0 spiro atoms. The van der Waals surface area contributed by atoms with Crippen LogP contribution in [0.3, 0.4) is 0 Å². The minimum atomic E-state index is 0.668. The molecule has 19 heavy (non-hydrogen) atoms. The number of rotatable bonds is 7. The Morgan fingerprint density at radius 3 is 3.16 bits per heavy atom. The van der Waals surface area contributed by atoms with Gasteiger partial charge >= 0.3 is 0 Å². The van der Waals surface area contributed by atoms with E-state index in [0.29, 0.717) is 5.02 Å². The van der Waals surface area contributed by atoms with E-state index in [1.807, 2.05) is 6.07 Å². The Morgan fingerprint density at radius 1 is 1.47 bits per heavy atom. The summed E-state index contributed by atoms with van der Waals surface area (Å²) < 4.78 is 1.79. The third-order valence-corrected chi connectivity index (χ3v) is 3.81. The molecule has 2 aromatic rings. The van der Waals surface area contributed by atoms with Crippen LogP contribution in [0.1, 0.15) is 12.5 Å². The van der Waals surface area contributed by atoms with Gasteiger partial charge in [-0.15, -0.1) is 5.10 Å². The molecule has 0 aliphatic carbocycles. The molecule has 0 radical (unpaired) electrons. The SMILES string of the molecule is CCNCCn1nnnc1SCc1ccncc1Cl. The molecular weight excluding hydrogens is 284 g/mol. The molecule has 8 heteroatoms. The topological polar surface area (TPSA) is 68.5 Å². The second-order valence-corrected chi connectivity index (χ2v) is 5.14. The second-order valence-electron chi connectivity index (χ2n) is 3.79. The predicted octanol–water partition coefficient (Wildman–Crippen LogP) is 1.62. The van der Waals surface area contributed by atoms with Crippen molar-refractivity contribution in [3.8, 4) is 0 Å². The zero-order valence-corrected chi connectivity index (χ0v) is 12.2. The van der Waals surface area contributed by atoms with Crippen molar-refractivity contribution in [3.05, 3.63) is 29.0 Å². The summed E-state index contributed by atoms with van der Waals surface area (Å²) in [6.07, 6.45) is 3.38. The Bertz CT molecular complexity index is 517. The zero-order chi connectivity index (χ0) is 13.5. The number of nitrogens with one attached hydrogen (secondary N) is 1. The van der Waals surface area contributed by atoms with E-state index in [0.717, 1.165) is 36.1 Å². The van der Waals surface area contributed by atoms with Crippen LogP contribution in [0.25, 0.3) is 0 Å². The third kappa shape index (κ3) is 4.15. The first-order valence-electron chi connectivity index (χ1n) is 5.99. The van der Waals surface area contributed by atoms with Crippen LogP contribution in [0.5, 0.6) is 0 Å². The largest absolute Gasteiger partial charge is 0.315 e. The minimum Gasteiger partial charge on any atom is -0.315 e. The molecule has 2 heterocycles. The summed E-state index contributed by atoms with van der Waals surface area (Å²) >= 11 is 7.63. The number of aromatic nitrogens is 5. The van der Waals surface area contributed by atoms with Crippen LogP contribution in [0.15, 0.2) is 23.6 Å². The van der Waals surface area contributed by atoms with Crippen LogP contribution < -0.4 is 5.32 Å². The van der Waals surface area contributed by atoms with Crippen LogP contribution in [0.4, 0.5) is 0 Å².